The van der Waals surface area contributed by atoms with E-state index in [2.05, 4.69) is 20.1 Å². The van der Waals surface area contributed by atoms with Crippen LogP contribution >= 0.6 is 0 Å². The van der Waals surface area contributed by atoms with Crippen molar-refractivity contribution in [2.45, 2.75) is 45.6 Å². The van der Waals surface area contributed by atoms with E-state index in [1.165, 1.54) is 0 Å². The van der Waals surface area contributed by atoms with Crippen LogP contribution in [0.4, 0.5) is 14.5 Å². The third-order valence-corrected chi connectivity index (χ3v) is 8.46. The Morgan fingerprint density at radius 2 is 2.06 bits per heavy atom. The Labute approximate surface area is 202 Å². The van der Waals surface area contributed by atoms with Gasteiger partial charge in [-0.15, -0.1) is 0 Å². The van der Waals surface area contributed by atoms with Crippen molar-refractivity contribution in [1.29, 1.82) is 0 Å². The Kier molecular flexibility index (Phi) is 4.89. The number of aryl methyl sites for hydroxylation is 1. The Bertz CT molecular complexity index is 1330. The van der Waals surface area contributed by atoms with Crippen molar-refractivity contribution in [1.82, 2.24) is 25.1 Å². The molecule has 1 saturated carbocycles. The summed E-state index contributed by atoms with van der Waals surface area (Å²) in [4.78, 5) is 25.1. The van der Waals surface area contributed by atoms with Crippen LogP contribution in [0, 0.1) is 18.3 Å². The lowest BCUT2D eigenvalue weighted by atomic mass is 9.87. The number of aromatic amines is 2. The summed E-state index contributed by atoms with van der Waals surface area (Å²) in [5.74, 6) is -2.72. The number of alkyl halides is 2. The third-order valence-electron chi connectivity index (χ3n) is 8.46. The number of imidazole rings is 1. The van der Waals surface area contributed by atoms with Crippen molar-refractivity contribution in [3.05, 3.63) is 29.0 Å². The van der Waals surface area contributed by atoms with Crippen LogP contribution in [0.2, 0.25) is 0 Å². The monoisotopic (exact) mass is 484 g/mol. The van der Waals surface area contributed by atoms with Crippen molar-refractivity contribution in [2.24, 2.45) is 11.3 Å². The summed E-state index contributed by atoms with van der Waals surface area (Å²) >= 11 is 0. The van der Waals surface area contributed by atoms with E-state index in [1.54, 1.807) is 18.9 Å². The first-order valence-electron chi connectivity index (χ1n) is 12.2. The maximum Gasteiger partial charge on any atom is 0.258 e. The standard InChI is InChI=1S/C25H30F2N6O2/c1-13-9-15(32(4)23(34)14(2)33-5-7-35-8-6-33)10-17-20(13)29-22(28-17)21-16-11-19-24(3,25(19,26)27)12-18(16)30-31-21/h9-10,14,19H,5-8,11-12H2,1-4H3,(H,28,29)(H,30,31)/t14?,19-,24+/m0/s1. The largest absolute Gasteiger partial charge is 0.379 e. The number of rotatable bonds is 4. The van der Waals surface area contributed by atoms with Crippen molar-refractivity contribution in [3.63, 3.8) is 0 Å². The molecule has 2 aliphatic carbocycles. The number of morpholine rings is 1. The van der Waals surface area contributed by atoms with Gasteiger partial charge in [-0.25, -0.2) is 13.8 Å². The lowest BCUT2D eigenvalue weighted by Crippen LogP contribution is -2.50. The lowest BCUT2D eigenvalue weighted by Gasteiger charge is -2.33. The molecule has 1 aromatic carbocycles. The molecule has 2 fully saturated rings. The second-order valence-electron chi connectivity index (χ2n) is 10.5. The highest BCUT2D eigenvalue weighted by Crippen LogP contribution is 2.70. The normalized spacial score (nSPS) is 26.3. The number of hydrogen-bond donors (Lipinski definition) is 2. The third kappa shape index (κ3) is 3.26. The number of likely N-dealkylation sites (N-methyl/N-ethyl adjacent to an activating group) is 1. The first kappa shape index (κ1) is 22.6. The smallest absolute Gasteiger partial charge is 0.258 e. The van der Waals surface area contributed by atoms with Gasteiger partial charge >= 0.3 is 0 Å². The van der Waals surface area contributed by atoms with E-state index in [0.717, 1.165) is 41.1 Å². The summed E-state index contributed by atoms with van der Waals surface area (Å²) in [7, 11) is 1.78. The predicted molar refractivity (Wildman–Crippen MR) is 128 cm³/mol. The molecule has 6 rings (SSSR count). The van der Waals surface area contributed by atoms with Crippen LogP contribution in [0.5, 0.6) is 0 Å². The number of aromatic nitrogens is 4. The molecule has 0 bridgehead atoms. The summed E-state index contributed by atoms with van der Waals surface area (Å²) in [6.07, 6.45) is 0.591. The molecular formula is C25H30F2N6O2. The number of fused-ring (bicyclic) bond motifs is 3. The van der Waals surface area contributed by atoms with E-state index < -0.39 is 17.3 Å². The van der Waals surface area contributed by atoms with Gasteiger partial charge in [-0.3, -0.25) is 14.8 Å². The minimum Gasteiger partial charge on any atom is -0.379 e. The van der Waals surface area contributed by atoms with Crippen LogP contribution < -0.4 is 4.90 Å². The fourth-order valence-electron chi connectivity index (χ4n) is 5.91. The van der Waals surface area contributed by atoms with E-state index >= 15 is 0 Å². The number of nitrogens with zero attached hydrogens (tertiary/aromatic N) is 4. The number of nitrogens with one attached hydrogen (secondary N) is 2. The Hall–Kier alpha value is -2.85. The van der Waals surface area contributed by atoms with Crippen molar-refractivity contribution in [3.8, 4) is 11.5 Å². The van der Waals surface area contributed by atoms with Crippen LogP contribution in [0.1, 0.15) is 30.7 Å². The van der Waals surface area contributed by atoms with E-state index in [-0.39, 0.29) is 11.9 Å². The molecule has 1 amide bonds. The first-order chi connectivity index (χ1) is 16.6. The molecule has 8 nitrogen and oxygen atoms in total. The van der Waals surface area contributed by atoms with Crippen LogP contribution in [-0.2, 0) is 22.4 Å². The molecule has 3 aliphatic rings. The summed E-state index contributed by atoms with van der Waals surface area (Å²) < 4.78 is 34.1. The molecule has 3 atom stereocenters. The van der Waals surface area contributed by atoms with Crippen molar-refractivity contribution in [2.75, 3.05) is 38.3 Å². The number of halogens is 2. The van der Waals surface area contributed by atoms with E-state index in [9.17, 15) is 13.6 Å². The zero-order valence-electron chi connectivity index (χ0n) is 20.4. The first-order valence-corrected chi connectivity index (χ1v) is 12.2. The number of hydrogen-bond acceptors (Lipinski definition) is 5. The van der Waals surface area contributed by atoms with Gasteiger partial charge in [-0.2, -0.15) is 5.10 Å². The molecule has 10 heteroatoms. The highest BCUT2D eigenvalue weighted by Gasteiger charge is 2.78. The second-order valence-corrected chi connectivity index (χ2v) is 10.5. The van der Waals surface area contributed by atoms with Crippen molar-refractivity contribution < 1.29 is 18.3 Å². The molecule has 35 heavy (non-hydrogen) atoms. The number of carbonyl (C=O) groups is 1. The number of anilines is 1. The molecule has 0 radical (unpaired) electrons. The molecule has 3 aromatic rings. The topological polar surface area (TPSA) is 90.1 Å². The zero-order chi connectivity index (χ0) is 24.7. The van der Waals surface area contributed by atoms with Gasteiger partial charge in [-0.1, -0.05) is 6.92 Å². The highest BCUT2D eigenvalue weighted by atomic mass is 19.3. The maximum atomic E-state index is 14.3. The zero-order valence-corrected chi connectivity index (χ0v) is 20.4. The average Bonchev–Trinajstić information content (AvgIpc) is 3.25. The average molecular weight is 485 g/mol. The van der Waals surface area contributed by atoms with Gasteiger partial charge in [-0.05, 0) is 38.0 Å². The van der Waals surface area contributed by atoms with Crippen molar-refractivity contribution >= 4 is 22.6 Å². The number of H-pyrrole nitrogens is 2. The maximum absolute atomic E-state index is 14.3. The SMILES string of the molecule is Cc1cc(N(C)C(=O)C(C)N2CCOCC2)cc2nc(-c3n[nH]c4c3C[C@@H]3C(F)(F)[C@]3(C)C4)[nH]c12. The number of benzene rings is 1. The highest BCUT2D eigenvalue weighted by molar-refractivity contribution is 5.98. The van der Waals surface area contributed by atoms with Gasteiger partial charge in [0.15, 0.2) is 5.82 Å². The molecule has 2 aromatic heterocycles. The van der Waals surface area contributed by atoms with Gasteiger partial charge in [0.25, 0.3) is 5.92 Å². The Balaban J connectivity index is 1.29. The molecule has 1 saturated heterocycles. The molecule has 1 aliphatic heterocycles. The van der Waals surface area contributed by atoms with Crippen LogP contribution in [0.3, 0.4) is 0 Å². The van der Waals surface area contributed by atoms with Gasteiger partial charge in [0.1, 0.15) is 5.69 Å². The molecular weight excluding hydrogens is 454 g/mol. The van der Waals surface area contributed by atoms with Gasteiger partial charge in [0.05, 0.1) is 30.3 Å². The Morgan fingerprint density at radius 1 is 1.31 bits per heavy atom. The van der Waals surface area contributed by atoms with E-state index in [0.29, 0.717) is 43.1 Å². The fraction of sp³-hybridized carbons (Fsp3) is 0.560. The summed E-state index contributed by atoms with van der Waals surface area (Å²) in [5, 5.41) is 7.43. The predicted octanol–water partition coefficient (Wildman–Crippen LogP) is 3.31. The Morgan fingerprint density at radius 3 is 2.80 bits per heavy atom. The fourth-order valence-corrected chi connectivity index (χ4v) is 5.91. The molecule has 186 valence electrons. The molecule has 1 unspecified atom stereocenters. The minimum atomic E-state index is -2.64. The number of ether oxygens (including phenoxy) is 1. The minimum absolute atomic E-state index is 0.0104. The summed E-state index contributed by atoms with van der Waals surface area (Å²) in [6, 6.07) is 3.60. The van der Waals surface area contributed by atoms with Gasteiger partial charge in [0.2, 0.25) is 5.91 Å². The number of amides is 1. The number of carbonyl (C=O) groups excluding carboxylic acids is 1. The van der Waals surface area contributed by atoms with E-state index in [1.807, 2.05) is 26.0 Å². The van der Waals surface area contributed by atoms with Gasteiger partial charge in [0, 0.05) is 54.8 Å². The molecule has 3 heterocycles. The lowest BCUT2D eigenvalue weighted by molar-refractivity contribution is -0.124. The molecule has 2 N–H and O–H groups in total. The summed E-state index contributed by atoms with van der Waals surface area (Å²) in [5.41, 5.74) is 4.49. The summed E-state index contributed by atoms with van der Waals surface area (Å²) in [6.45, 7) is 8.30. The van der Waals surface area contributed by atoms with Crippen LogP contribution in [-0.4, -0.2) is 76.3 Å². The van der Waals surface area contributed by atoms with E-state index in [4.69, 9.17) is 9.72 Å². The second kappa shape index (κ2) is 7.57. The van der Waals surface area contributed by atoms with Crippen LogP contribution in [0.15, 0.2) is 12.1 Å². The quantitative estimate of drug-likeness (QED) is 0.593. The molecule has 0 spiro atoms. The van der Waals surface area contributed by atoms with Gasteiger partial charge < -0.3 is 14.6 Å². The van der Waals surface area contributed by atoms with Crippen LogP contribution in [0.25, 0.3) is 22.6 Å².